The van der Waals surface area contributed by atoms with E-state index in [1.807, 2.05) is 26.0 Å². The number of fused-ring (bicyclic) bond motifs is 2. The molecule has 74 valence electrons. The Bertz CT molecular complexity index is 523. The fourth-order valence-electron chi connectivity index (χ4n) is 1.77. The Hall–Kier alpha value is -1.84. The predicted octanol–water partition coefficient (Wildman–Crippen LogP) is 2.55. The van der Waals surface area contributed by atoms with Gasteiger partial charge in [-0.3, -0.25) is 0 Å². The number of rotatable bonds is 0. The molecule has 2 aromatic heterocycles. The highest BCUT2D eigenvalue weighted by Gasteiger charge is 2.04. The number of nitrogens with one attached hydrogen (secondary N) is 2. The van der Waals surface area contributed by atoms with E-state index in [0.717, 1.165) is 33.7 Å². The van der Waals surface area contributed by atoms with Crippen LogP contribution in [0.5, 0.6) is 0 Å². The summed E-state index contributed by atoms with van der Waals surface area (Å²) in [5.41, 5.74) is 4.06. The second kappa shape index (κ2) is 2.35. The third-order valence-corrected chi connectivity index (χ3v) is 2.32. The molecule has 0 aliphatic heterocycles. The number of aryl methyl sites for hydroxylation is 2. The Kier molecular flexibility index (Phi) is 1.27. The van der Waals surface area contributed by atoms with Gasteiger partial charge in [-0.05, 0) is 26.0 Å². The lowest BCUT2D eigenvalue weighted by atomic mass is 10.3. The first-order valence-electron chi connectivity index (χ1n) is 4.55. The molecule has 3 aromatic rings. The SMILES string of the molecule is Cc1nc2cc3nc(C)[nH]c3cc2[nH]1.[HH].[HH]. The van der Waals surface area contributed by atoms with Crippen molar-refractivity contribution in [2.24, 2.45) is 0 Å². The Labute approximate surface area is 83.4 Å². The Morgan fingerprint density at radius 2 is 1.43 bits per heavy atom. The average Bonchev–Trinajstić information content (AvgIpc) is 2.59. The van der Waals surface area contributed by atoms with E-state index >= 15 is 0 Å². The fraction of sp³-hybridized carbons (Fsp3) is 0.200. The van der Waals surface area contributed by atoms with Crippen molar-refractivity contribution in [3.8, 4) is 0 Å². The number of aromatic nitrogens is 4. The van der Waals surface area contributed by atoms with E-state index in [1.54, 1.807) is 0 Å². The van der Waals surface area contributed by atoms with Gasteiger partial charge in [-0.25, -0.2) is 9.97 Å². The van der Waals surface area contributed by atoms with E-state index in [2.05, 4.69) is 19.9 Å². The number of aromatic amines is 2. The van der Waals surface area contributed by atoms with Crippen LogP contribution < -0.4 is 0 Å². The van der Waals surface area contributed by atoms with Gasteiger partial charge in [-0.15, -0.1) is 0 Å². The summed E-state index contributed by atoms with van der Waals surface area (Å²) in [7, 11) is 0. The zero-order chi connectivity index (χ0) is 9.71. The maximum atomic E-state index is 4.36. The van der Waals surface area contributed by atoms with E-state index in [0.29, 0.717) is 0 Å². The van der Waals surface area contributed by atoms with Crippen molar-refractivity contribution in [3.63, 3.8) is 0 Å². The van der Waals surface area contributed by atoms with Crippen LogP contribution in [0.3, 0.4) is 0 Å². The molecular formula is C10H14N4. The molecule has 4 heteroatoms. The van der Waals surface area contributed by atoms with Gasteiger partial charge in [0.2, 0.25) is 0 Å². The van der Waals surface area contributed by atoms with Gasteiger partial charge in [0, 0.05) is 2.85 Å². The van der Waals surface area contributed by atoms with Crippen molar-refractivity contribution in [2.45, 2.75) is 13.8 Å². The molecule has 2 heterocycles. The van der Waals surface area contributed by atoms with E-state index in [9.17, 15) is 0 Å². The molecule has 0 amide bonds. The molecule has 1 aromatic carbocycles. The van der Waals surface area contributed by atoms with Crippen molar-refractivity contribution in [1.29, 1.82) is 0 Å². The standard InChI is InChI=1S/C10H10N4.2H2/c1-5-11-7-3-9-10(4-8(7)12-5)14-6(2)13-9;;/h3-4H,1-2H3,(H,11,12)(H,13,14);2*1H. The molecule has 0 spiro atoms. The zero-order valence-corrected chi connectivity index (χ0v) is 8.05. The van der Waals surface area contributed by atoms with Crippen LogP contribution in [-0.4, -0.2) is 19.9 Å². The smallest absolute Gasteiger partial charge is 0.104 e. The van der Waals surface area contributed by atoms with Gasteiger partial charge in [0.15, 0.2) is 0 Å². The van der Waals surface area contributed by atoms with E-state index in [4.69, 9.17) is 0 Å². The summed E-state index contributed by atoms with van der Waals surface area (Å²) in [6.45, 7) is 3.90. The van der Waals surface area contributed by atoms with Gasteiger partial charge in [-0.1, -0.05) is 0 Å². The maximum Gasteiger partial charge on any atom is 0.104 e. The first-order valence-corrected chi connectivity index (χ1v) is 4.55. The third-order valence-electron chi connectivity index (χ3n) is 2.32. The Morgan fingerprint density at radius 1 is 0.929 bits per heavy atom. The van der Waals surface area contributed by atoms with Crippen molar-refractivity contribution < 1.29 is 2.85 Å². The number of hydrogen-bond donors (Lipinski definition) is 2. The summed E-state index contributed by atoms with van der Waals surface area (Å²) in [6.07, 6.45) is 0. The predicted molar refractivity (Wildman–Crippen MR) is 59.4 cm³/mol. The van der Waals surface area contributed by atoms with Crippen LogP contribution in [0.1, 0.15) is 14.5 Å². The highest BCUT2D eigenvalue weighted by molar-refractivity contribution is 5.91. The van der Waals surface area contributed by atoms with Gasteiger partial charge in [0.1, 0.15) is 11.6 Å². The van der Waals surface area contributed by atoms with Gasteiger partial charge in [0.05, 0.1) is 22.1 Å². The molecule has 2 N–H and O–H groups in total. The summed E-state index contributed by atoms with van der Waals surface area (Å²) in [5.74, 6) is 1.87. The maximum absolute atomic E-state index is 4.36. The number of imidazole rings is 2. The molecule has 0 saturated heterocycles. The minimum Gasteiger partial charge on any atom is -0.342 e. The zero-order valence-electron chi connectivity index (χ0n) is 8.05. The molecular weight excluding hydrogens is 176 g/mol. The first-order chi connectivity index (χ1) is 6.72. The number of nitrogens with zero attached hydrogens (tertiary/aromatic N) is 2. The van der Waals surface area contributed by atoms with Crippen LogP contribution in [0, 0.1) is 13.8 Å². The normalized spacial score (nSPS) is 11.6. The molecule has 0 aliphatic carbocycles. The van der Waals surface area contributed by atoms with Crippen molar-refractivity contribution in [2.75, 3.05) is 0 Å². The van der Waals surface area contributed by atoms with Crippen LogP contribution in [0.15, 0.2) is 12.1 Å². The van der Waals surface area contributed by atoms with Crippen LogP contribution in [0.2, 0.25) is 0 Å². The first kappa shape index (κ1) is 7.55. The molecule has 0 radical (unpaired) electrons. The van der Waals surface area contributed by atoms with Gasteiger partial charge in [-0.2, -0.15) is 0 Å². The second-order valence-electron chi connectivity index (χ2n) is 3.53. The molecule has 0 atom stereocenters. The minimum absolute atomic E-state index is 0. The molecule has 14 heavy (non-hydrogen) atoms. The quantitative estimate of drug-likeness (QED) is 0.572. The van der Waals surface area contributed by atoms with Gasteiger partial charge >= 0.3 is 0 Å². The van der Waals surface area contributed by atoms with E-state index in [1.165, 1.54) is 0 Å². The lowest BCUT2D eigenvalue weighted by molar-refractivity contribution is 1.16. The topological polar surface area (TPSA) is 57.4 Å². The third kappa shape index (κ3) is 0.937. The highest BCUT2D eigenvalue weighted by atomic mass is 14.9. The molecule has 0 aliphatic rings. The average molecular weight is 190 g/mol. The summed E-state index contributed by atoms with van der Waals surface area (Å²) < 4.78 is 0. The summed E-state index contributed by atoms with van der Waals surface area (Å²) in [6, 6.07) is 4.04. The number of H-pyrrole nitrogens is 2. The largest absolute Gasteiger partial charge is 0.342 e. The van der Waals surface area contributed by atoms with Crippen LogP contribution in [-0.2, 0) is 0 Å². The monoisotopic (exact) mass is 190 g/mol. The number of benzene rings is 1. The molecule has 0 unspecified atom stereocenters. The fourth-order valence-corrected chi connectivity index (χ4v) is 1.77. The minimum atomic E-state index is 0. The lowest BCUT2D eigenvalue weighted by Crippen LogP contribution is -1.71. The molecule has 0 fully saturated rings. The second-order valence-corrected chi connectivity index (χ2v) is 3.53. The molecule has 3 rings (SSSR count). The van der Waals surface area contributed by atoms with Crippen LogP contribution in [0.4, 0.5) is 0 Å². The molecule has 0 bridgehead atoms. The van der Waals surface area contributed by atoms with Crippen molar-refractivity contribution in [3.05, 3.63) is 23.8 Å². The van der Waals surface area contributed by atoms with Crippen molar-refractivity contribution >= 4 is 22.1 Å². The molecule has 4 nitrogen and oxygen atoms in total. The Morgan fingerprint density at radius 3 is 1.93 bits per heavy atom. The number of hydrogen-bond acceptors (Lipinski definition) is 2. The van der Waals surface area contributed by atoms with E-state index in [-0.39, 0.29) is 2.85 Å². The lowest BCUT2D eigenvalue weighted by Gasteiger charge is -1.87. The Balaban J connectivity index is 0.000000640. The highest BCUT2D eigenvalue weighted by Crippen LogP contribution is 2.19. The molecule has 0 saturated carbocycles. The van der Waals surface area contributed by atoms with E-state index < -0.39 is 0 Å². The van der Waals surface area contributed by atoms with Gasteiger partial charge in [0.25, 0.3) is 0 Å². The van der Waals surface area contributed by atoms with Crippen molar-refractivity contribution in [1.82, 2.24) is 19.9 Å². The van der Waals surface area contributed by atoms with Crippen LogP contribution in [0.25, 0.3) is 22.1 Å². The summed E-state index contributed by atoms with van der Waals surface area (Å²) in [4.78, 5) is 15.1. The van der Waals surface area contributed by atoms with Crippen LogP contribution >= 0.6 is 0 Å². The summed E-state index contributed by atoms with van der Waals surface area (Å²) in [5, 5.41) is 0. The summed E-state index contributed by atoms with van der Waals surface area (Å²) >= 11 is 0. The van der Waals surface area contributed by atoms with Gasteiger partial charge < -0.3 is 9.97 Å².